The van der Waals surface area contributed by atoms with Gasteiger partial charge in [-0.15, -0.1) is 4.99 Å². The molecular formula is C13H11F3N8O2. The number of nitrogens with one attached hydrogen (secondary N) is 2. The molecule has 0 aliphatic rings. The Balaban J connectivity index is 2.20. The zero-order valence-electron chi connectivity index (χ0n) is 12.8. The molecule has 0 radical (unpaired) electrons. The fourth-order valence-electron chi connectivity index (χ4n) is 1.81. The van der Waals surface area contributed by atoms with Crippen molar-refractivity contribution in [3.05, 3.63) is 41.2 Å². The number of hydrogen-bond acceptors (Lipinski definition) is 7. The van der Waals surface area contributed by atoms with Gasteiger partial charge in [-0.2, -0.15) is 18.4 Å². The van der Waals surface area contributed by atoms with Crippen LogP contribution >= 0.6 is 0 Å². The third kappa shape index (κ3) is 4.60. The molecule has 1 aromatic carbocycles. The number of halogens is 3. The Morgan fingerprint density at radius 2 is 2.15 bits per heavy atom. The molecule has 136 valence electrons. The molecule has 0 amide bonds. The first-order chi connectivity index (χ1) is 12.3. The number of benzene rings is 1. The van der Waals surface area contributed by atoms with E-state index in [0.29, 0.717) is 0 Å². The van der Waals surface area contributed by atoms with Gasteiger partial charge in [0.1, 0.15) is 5.69 Å². The summed E-state index contributed by atoms with van der Waals surface area (Å²) in [4.78, 5) is 3.23. The minimum absolute atomic E-state index is 0.0000843. The number of anilines is 1. The molecular weight excluding hydrogens is 357 g/mol. The number of guanidine groups is 1. The van der Waals surface area contributed by atoms with Crippen molar-refractivity contribution in [3.8, 4) is 6.19 Å². The normalized spacial score (nSPS) is 12.5. The predicted molar refractivity (Wildman–Crippen MR) is 81.8 cm³/mol. The van der Waals surface area contributed by atoms with E-state index in [1.165, 1.54) is 18.3 Å². The lowest BCUT2D eigenvalue weighted by Crippen LogP contribution is -2.31. The van der Waals surface area contributed by atoms with Gasteiger partial charge in [0.05, 0.1) is 12.1 Å². The van der Waals surface area contributed by atoms with Crippen molar-refractivity contribution >= 4 is 17.5 Å². The minimum atomic E-state index is -4.53. The molecule has 1 aromatic heterocycles. The van der Waals surface area contributed by atoms with Crippen LogP contribution in [0.3, 0.4) is 0 Å². The maximum absolute atomic E-state index is 12.8. The largest absolute Gasteiger partial charge is 0.416 e. The lowest BCUT2D eigenvalue weighted by Gasteiger charge is -2.10. The van der Waals surface area contributed by atoms with Crippen molar-refractivity contribution in [1.82, 2.24) is 15.6 Å². The van der Waals surface area contributed by atoms with Gasteiger partial charge >= 0.3 is 6.18 Å². The highest BCUT2D eigenvalue weighted by Gasteiger charge is 2.30. The zero-order chi connectivity index (χ0) is 19.2. The summed E-state index contributed by atoms with van der Waals surface area (Å²) in [6, 6.07) is 4.24. The SMILES string of the molecule is N#C/N=C(/N)NCc1nonc1/C(=N/O)Nc1cccc(C(F)(F)F)c1. The standard InChI is InChI=1S/C13H11F3N8O2/c14-13(15,16)7-2-1-3-8(4-7)21-11(22-25)10-9(23-26-24-10)5-19-12(18)20-6-17/h1-4,25H,5H2,(H,21,22)(H3,18,19,20). The lowest BCUT2D eigenvalue weighted by molar-refractivity contribution is -0.137. The van der Waals surface area contributed by atoms with Crippen LogP contribution in [0, 0.1) is 11.5 Å². The summed E-state index contributed by atoms with van der Waals surface area (Å²) >= 11 is 0. The van der Waals surface area contributed by atoms with Gasteiger partial charge in [-0.05, 0) is 23.4 Å². The minimum Gasteiger partial charge on any atom is -0.409 e. The Kier molecular flexibility index (Phi) is 5.58. The van der Waals surface area contributed by atoms with Crippen molar-refractivity contribution in [2.45, 2.75) is 12.7 Å². The number of aliphatic imine (C=N–C) groups is 1. The van der Waals surface area contributed by atoms with E-state index in [2.05, 4.69) is 35.7 Å². The van der Waals surface area contributed by atoms with Crippen molar-refractivity contribution in [1.29, 1.82) is 5.26 Å². The van der Waals surface area contributed by atoms with Crippen LogP contribution in [0.1, 0.15) is 17.0 Å². The maximum atomic E-state index is 12.8. The summed E-state index contributed by atoms with van der Waals surface area (Å²) in [6.07, 6.45) is -3.06. The van der Waals surface area contributed by atoms with E-state index in [0.717, 1.165) is 12.1 Å². The Morgan fingerprint density at radius 3 is 2.81 bits per heavy atom. The van der Waals surface area contributed by atoms with Gasteiger partial charge < -0.3 is 21.6 Å². The fourth-order valence-corrected chi connectivity index (χ4v) is 1.81. The van der Waals surface area contributed by atoms with Crippen molar-refractivity contribution in [2.75, 3.05) is 5.32 Å². The second-order valence-electron chi connectivity index (χ2n) is 4.66. The molecule has 0 saturated carbocycles. The molecule has 0 spiro atoms. The number of nitrogens with zero attached hydrogens (tertiary/aromatic N) is 5. The van der Waals surface area contributed by atoms with Crippen molar-refractivity contribution < 1.29 is 23.0 Å². The van der Waals surface area contributed by atoms with E-state index in [-0.39, 0.29) is 35.4 Å². The van der Waals surface area contributed by atoms with Crippen LogP contribution < -0.4 is 16.4 Å². The van der Waals surface area contributed by atoms with E-state index in [9.17, 15) is 13.2 Å². The van der Waals surface area contributed by atoms with Crippen molar-refractivity contribution in [3.63, 3.8) is 0 Å². The molecule has 0 aliphatic carbocycles. The molecule has 2 rings (SSSR count). The highest BCUT2D eigenvalue weighted by molar-refractivity contribution is 6.07. The molecule has 0 aliphatic heterocycles. The van der Waals surface area contributed by atoms with Gasteiger partial charge in [-0.25, -0.2) is 4.63 Å². The number of hydrogen-bond donors (Lipinski definition) is 4. The van der Waals surface area contributed by atoms with Gasteiger partial charge in [-0.1, -0.05) is 16.4 Å². The third-order valence-electron chi connectivity index (χ3n) is 2.94. The number of nitriles is 1. The Bertz CT molecular complexity index is 869. The second kappa shape index (κ2) is 7.83. The molecule has 2 aromatic rings. The van der Waals surface area contributed by atoms with Gasteiger partial charge in [-0.3, -0.25) is 0 Å². The van der Waals surface area contributed by atoms with Crippen LogP contribution in [0.25, 0.3) is 0 Å². The molecule has 5 N–H and O–H groups in total. The first kappa shape index (κ1) is 18.5. The van der Waals surface area contributed by atoms with Crippen LogP contribution in [0.15, 0.2) is 39.0 Å². The number of rotatable bonds is 4. The summed E-state index contributed by atoms with van der Waals surface area (Å²) in [6.45, 7) is -0.0981. The monoisotopic (exact) mass is 368 g/mol. The Labute approximate surface area is 143 Å². The van der Waals surface area contributed by atoms with Crippen LogP contribution in [-0.4, -0.2) is 27.3 Å². The highest BCUT2D eigenvalue weighted by atomic mass is 19.4. The molecule has 10 nitrogen and oxygen atoms in total. The summed E-state index contributed by atoms with van der Waals surface area (Å²) in [5, 5.41) is 32.6. The van der Waals surface area contributed by atoms with Crippen LogP contribution in [0.2, 0.25) is 0 Å². The molecule has 0 fully saturated rings. The average Bonchev–Trinajstić information content (AvgIpc) is 3.06. The Hall–Kier alpha value is -3.82. The zero-order valence-corrected chi connectivity index (χ0v) is 12.8. The molecule has 13 heteroatoms. The summed E-state index contributed by atoms with van der Waals surface area (Å²) in [7, 11) is 0. The molecule has 0 bridgehead atoms. The first-order valence-corrected chi connectivity index (χ1v) is 6.79. The number of alkyl halides is 3. The third-order valence-corrected chi connectivity index (χ3v) is 2.94. The van der Waals surface area contributed by atoms with Gasteiger partial charge in [0, 0.05) is 5.69 Å². The lowest BCUT2D eigenvalue weighted by atomic mass is 10.2. The predicted octanol–water partition coefficient (Wildman–Crippen LogP) is 1.22. The van der Waals surface area contributed by atoms with Crippen molar-refractivity contribution in [2.24, 2.45) is 15.9 Å². The second-order valence-corrected chi connectivity index (χ2v) is 4.66. The number of nitrogens with two attached hydrogens (primary N) is 1. The summed E-state index contributed by atoms with van der Waals surface area (Å²) in [5.41, 5.74) is 4.51. The van der Waals surface area contributed by atoms with E-state index < -0.39 is 11.7 Å². The summed E-state index contributed by atoms with van der Waals surface area (Å²) in [5.74, 6) is -0.507. The van der Waals surface area contributed by atoms with E-state index in [4.69, 9.17) is 16.2 Å². The van der Waals surface area contributed by atoms with E-state index in [1.54, 1.807) is 0 Å². The fraction of sp³-hybridized carbons (Fsp3) is 0.154. The number of amidine groups is 1. The van der Waals surface area contributed by atoms with Gasteiger partial charge in [0.25, 0.3) is 0 Å². The van der Waals surface area contributed by atoms with Gasteiger partial charge in [0.15, 0.2) is 5.69 Å². The van der Waals surface area contributed by atoms with Crippen LogP contribution in [0.4, 0.5) is 18.9 Å². The average molecular weight is 368 g/mol. The van der Waals surface area contributed by atoms with Crippen LogP contribution in [-0.2, 0) is 12.7 Å². The summed E-state index contributed by atoms with van der Waals surface area (Å²) < 4.78 is 42.8. The molecule has 1 heterocycles. The van der Waals surface area contributed by atoms with Gasteiger partial charge in [0.2, 0.25) is 18.0 Å². The number of aromatic nitrogens is 2. The quantitative estimate of drug-likeness (QED) is 0.206. The maximum Gasteiger partial charge on any atom is 0.416 e. The first-order valence-electron chi connectivity index (χ1n) is 6.79. The van der Waals surface area contributed by atoms with E-state index in [1.807, 2.05) is 0 Å². The Morgan fingerprint density at radius 1 is 1.38 bits per heavy atom. The smallest absolute Gasteiger partial charge is 0.409 e. The number of oxime groups is 1. The topological polar surface area (TPSA) is 158 Å². The molecule has 0 atom stereocenters. The molecule has 26 heavy (non-hydrogen) atoms. The molecule has 0 saturated heterocycles. The highest BCUT2D eigenvalue weighted by Crippen LogP contribution is 2.30. The van der Waals surface area contributed by atoms with Crippen LogP contribution in [0.5, 0.6) is 0 Å². The molecule has 0 unspecified atom stereocenters. The van der Waals surface area contributed by atoms with E-state index >= 15 is 0 Å².